The highest BCUT2D eigenvalue weighted by atomic mass is 79.9. The topological polar surface area (TPSA) is 52.3 Å². The molecule has 0 aromatic heterocycles. The van der Waals surface area contributed by atoms with Gasteiger partial charge in [0.2, 0.25) is 0 Å². The molecule has 0 saturated heterocycles. The molecule has 0 heterocycles. The molecule has 0 spiro atoms. The van der Waals surface area contributed by atoms with Crippen LogP contribution in [0.3, 0.4) is 0 Å². The van der Waals surface area contributed by atoms with Crippen LogP contribution in [0, 0.1) is 0 Å². The van der Waals surface area contributed by atoms with Crippen molar-refractivity contribution in [1.82, 2.24) is 0 Å². The Morgan fingerprint density at radius 2 is 1.85 bits per heavy atom. The number of carbonyl (C=O) groups is 1. The molecule has 2 aromatic rings. The number of ketones is 1. The molecule has 2 N–H and O–H groups in total. The second kappa shape index (κ2) is 5.29. The number of halogens is 1. The fourth-order valence-electron chi connectivity index (χ4n) is 1.94. The lowest BCUT2D eigenvalue weighted by molar-refractivity contribution is 0.103. The number of benzene rings is 2. The van der Waals surface area contributed by atoms with Gasteiger partial charge in [-0.1, -0.05) is 15.9 Å². The number of hydrogen-bond donors (Lipinski definition) is 1. The normalized spacial score (nSPS) is 14.1. The van der Waals surface area contributed by atoms with Crippen molar-refractivity contribution in [3.63, 3.8) is 0 Å². The molecule has 0 bridgehead atoms. The van der Waals surface area contributed by atoms with Gasteiger partial charge in [0.15, 0.2) is 5.78 Å². The molecule has 1 fully saturated rings. The maximum absolute atomic E-state index is 12.4. The molecule has 0 aliphatic heterocycles. The second-order valence-corrected chi connectivity index (χ2v) is 5.82. The first-order chi connectivity index (χ1) is 9.63. The third-order valence-electron chi connectivity index (χ3n) is 3.20. The minimum Gasteiger partial charge on any atom is -0.490 e. The highest BCUT2D eigenvalue weighted by Gasteiger charge is 2.23. The number of rotatable bonds is 4. The average molecular weight is 332 g/mol. The lowest BCUT2D eigenvalue weighted by atomic mass is 10.0. The largest absolute Gasteiger partial charge is 0.490 e. The second-order valence-electron chi connectivity index (χ2n) is 4.90. The van der Waals surface area contributed by atoms with E-state index in [1.165, 1.54) is 0 Å². The number of nitrogens with two attached hydrogens (primary N) is 1. The van der Waals surface area contributed by atoms with Crippen molar-refractivity contribution in [3.05, 3.63) is 58.1 Å². The predicted octanol–water partition coefficient (Wildman–Crippen LogP) is 3.80. The van der Waals surface area contributed by atoms with Gasteiger partial charge in [-0.05, 0) is 55.3 Å². The molecule has 2 aromatic carbocycles. The van der Waals surface area contributed by atoms with E-state index in [0.29, 0.717) is 22.9 Å². The zero-order chi connectivity index (χ0) is 14.1. The van der Waals surface area contributed by atoms with Gasteiger partial charge in [0.1, 0.15) is 5.75 Å². The van der Waals surface area contributed by atoms with Gasteiger partial charge < -0.3 is 10.5 Å². The van der Waals surface area contributed by atoms with E-state index in [1.54, 1.807) is 24.3 Å². The molecular weight excluding hydrogens is 318 g/mol. The molecule has 1 saturated carbocycles. The van der Waals surface area contributed by atoms with Crippen molar-refractivity contribution in [2.75, 3.05) is 5.73 Å². The minimum absolute atomic E-state index is 0.0817. The molecule has 0 amide bonds. The number of nitrogen functional groups attached to an aromatic ring is 1. The monoisotopic (exact) mass is 331 g/mol. The summed E-state index contributed by atoms with van der Waals surface area (Å²) in [6.45, 7) is 0. The molecule has 20 heavy (non-hydrogen) atoms. The molecule has 3 rings (SSSR count). The Morgan fingerprint density at radius 3 is 2.50 bits per heavy atom. The van der Waals surface area contributed by atoms with Gasteiger partial charge in [-0.25, -0.2) is 0 Å². The van der Waals surface area contributed by atoms with Crippen LogP contribution in [0.4, 0.5) is 5.69 Å². The predicted molar refractivity (Wildman–Crippen MR) is 82.1 cm³/mol. The summed E-state index contributed by atoms with van der Waals surface area (Å²) in [6.07, 6.45) is 2.60. The zero-order valence-electron chi connectivity index (χ0n) is 10.8. The summed E-state index contributed by atoms with van der Waals surface area (Å²) in [5.74, 6) is 0.730. The first kappa shape index (κ1) is 13.2. The molecule has 4 heteroatoms. The smallest absolute Gasteiger partial charge is 0.195 e. The highest BCUT2D eigenvalue weighted by molar-refractivity contribution is 9.10. The Morgan fingerprint density at radius 1 is 1.15 bits per heavy atom. The van der Waals surface area contributed by atoms with Crippen LogP contribution in [0.1, 0.15) is 28.8 Å². The molecule has 102 valence electrons. The molecule has 0 radical (unpaired) electrons. The van der Waals surface area contributed by atoms with Crippen molar-refractivity contribution in [2.24, 2.45) is 0 Å². The van der Waals surface area contributed by atoms with Crippen LogP contribution in [0.25, 0.3) is 0 Å². The van der Waals surface area contributed by atoms with E-state index in [4.69, 9.17) is 10.5 Å². The van der Waals surface area contributed by atoms with Crippen LogP contribution in [-0.4, -0.2) is 11.9 Å². The average Bonchev–Trinajstić information content (AvgIpc) is 3.26. The van der Waals surface area contributed by atoms with Gasteiger partial charge in [-0.2, -0.15) is 0 Å². The van der Waals surface area contributed by atoms with Crippen LogP contribution in [-0.2, 0) is 0 Å². The standard InChI is InChI=1S/C16H14BrNO2/c17-11-3-8-15(18)14(9-11)16(19)10-1-4-12(5-2-10)20-13-6-7-13/h1-5,8-9,13H,6-7,18H2. The van der Waals surface area contributed by atoms with E-state index in [1.807, 2.05) is 18.2 Å². The van der Waals surface area contributed by atoms with Gasteiger partial charge >= 0.3 is 0 Å². The van der Waals surface area contributed by atoms with Crippen molar-refractivity contribution in [2.45, 2.75) is 18.9 Å². The Labute approximate surface area is 125 Å². The van der Waals surface area contributed by atoms with Gasteiger partial charge in [-0.15, -0.1) is 0 Å². The fourth-order valence-corrected chi connectivity index (χ4v) is 2.30. The third-order valence-corrected chi connectivity index (χ3v) is 3.70. The minimum atomic E-state index is -0.0817. The summed E-state index contributed by atoms with van der Waals surface area (Å²) in [4.78, 5) is 12.4. The zero-order valence-corrected chi connectivity index (χ0v) is 12.4. The Balaban J connectivity index is 1.83. The number of carbonyl (C=O) groups excluding carboxylic acids is 1. The molecule has 3 nitrogen and oxygen atoms in total. The Hall–Kier alpha value is -1.81. The first-order valence-corrected chi connectivity index (χ1v) is 7.29. The maximum Gasteiger partial charge on any atom is 0.195 e. The molecule has 0 atom stereocenters. The summed E-state index contributed by atoms with van der Waals surface area (Å²) in [6, 6.07) is 12.5. The van der Waals surface area contributed by atoms with E-state index >= 15 is 0 Å². The Bertz CT molecular complexity index is 648. The Kier molecular flexibility index (Phi) is 3.49. The SMILES string of the molecule is Nc1ccc(Br)cc1C(=O)c1ccc(OC2CC2)cc1. The van der Waals surface area contributed by atoms with Crippen molar-refractivity contribution >= 4 is 27.4 Å². The summed E-state index contributed by atoms with van der Waals surface area (Å²) >= 11 is 3.36. The van der Waals surface area contributed by atoms with Gasteiger partial charge in [0, 0.05) is 21.3 Å². The van der Waals surface area contributed by atoms with Crippen molar-refractivity contribution in [1.29, 1.82) is 0 Å². The van der Waals surface area contributed by atoms with E-state index in [0.717, 1.165) is 23.1 Å². The lowest BCUT2D eigenvalue weighted by Crippen LogP contribution is -2.05. The molecular formula is C16H14BrNO2. The van der Waals surface area contributed by atoms with Gasteiger partial charge in [-0.3, -0.25) is 4.79 Å². The number of ether oxygens (including phenoxy) is 1. The van der Waals surface area contributed by atoms with E-state index < -0.39 is 0 Å². The van der Waals surface area contributed by atoms with Gasteiger partial charge in [0.25, 0.3) is 0 Å². The van der Waals surface area contributed by atoms with E-state index in [2.05, 4.69) is 15.9 Å². The van der Waals surface area contributed by atoms with Crippen LogP contribution >= 0.6 is 15.9 Å². The van der Waals surface area contributed by atoms with Crippen LogP contribution in [0.5, 0.6) is 5.75 Å². The number of anilines is 1. The van der Waals surface area contributed by atoms with Crippen LogP contribution in [0.2, 0.25) is 0 Å². The van der Waals surface area contributed by atoms with Gasteiger partial charge in [0.05, 0.1) is 6.10 Å². The maximum atomic E-state index is 12.4. The summed E-state index contributed by atoms with van der Waals surface area (Å²) in [7, 11) is 0. The summed E-state index contributed by atoms with van der Waals surface area (Å²) < 4.78 is 6.50. The molecule has 0 unspecified atom stereocenters. The lowest BCUT2D eigenvalue weighted by Gasteiger charge is -2.07. The first-order valence-electron chi connectivity index (χ1n) is 6.50. The fraction of sp³-hybridized carbons (Fsp3) is 0.188. The van der Waals surface area contributed by atoms with E-state index in [9.17, 15) is 4.79 Å². The quantitative estimate of drug-likeness (QED) is 0.684. The van der Waals surface area contributed by atoms with Crippen molar-refractivity contribution in [3.8, 4) is 5.75 Å². The van der Waals surface area contributed by atoms with Crippen LogP contribution < -0.4 is 10.5 Å². The number of hydrogen-bond acceptors (Lipinski definition) is 3. The summed E-state index contributed by atoms with van der Waals surface area (Å²) in [5.41, 5.74) is 7.47. The van der Waals surface area contributed by atoms with Crippen LogP contribution in [0.15, 0.2) is 46.9 Å². The summed E-state index contributed by atoms with van der Waals surface area (Å²) in [5, 5.41) is 0. The van der Waals surface area contributed by atoms with Crippen molar-refractivity contribution < 1.29 is 9.53 Å². The third kappa shape index (κ3) is 2.85. The van der Waals surface area contributed by atoms with E-state index in [-0.39, 0.29) is 5.78 Å². The molecule has 1 aliphatic rings. The molecule has 1 aliphatic carbocycles. The highest BCUT2D eigenvalue weighted by Crippen LogP contribution is 2.27.